The van der Waals surface area contributed by atoms with Gasteiger partial charge in [-0.1, -0.05) is 30.3 Å². The summed E-state index contributed by atoms with van der Waals surface area (Å²) >= 11 is 0. The van der Waals surface area contributed by atoms with E-state index in [1.165, 1.54) is 10.9 Å². The number of amidine groups is 1. The van der Waals surface area contributed by atoms with Gasteiger partial charge in [0, 0.05) is 31.7 Å². The SMILES string of the molecule is CC(=O)O.COCc1cc(OC)cc(C(Cc2ccc(C(=N)N)cc2)c2nn(-c3cccnn3)c(=O)[nH]2)c1. The number of carbonyl (C=O) groups is 1. The second kappa shape index (κ2) is 12.9. The molecule has 0 aliphatic heterocycles. The van der Waals surface area contributed by atoms with Crippen molar-refractivity contribution in [2.75, 3.05) is 14.2 Å². The standard InChI is InChI=1S/C24H25N7O3.C2H4O2/c1-33-14-16-10-18(13-19(11-16)34-2)20(12-15-5-7-17(8-6-15)22(25)26)23-28-24(32)31(30-23)21-4-3-9-27-29-21;1-2(3)4/h3-11,13,20H,12,14H2,1-2H3,(H3,25,26)(H,28,30,32);1H3,(H,3,4). The lowest BCUT2D eigenvalue weighted by Gasteiger charge is -2.18. The van der Waals surface area contributed by atoms with E-state index in [1.807, 2.05) is 30.3 Å². The Morgan fingerprint density at radius 3 is 2.45 bits per heavy atom. The minimum Gasteiger partial charge on any atom is -0.497 e. The summed E-state index contributed by atoms with van der Waals surface area (Å²) in [7, 11) is 3.24. The maximum absolute atomic E-state index is 12.7. The molecule has 2 aromatic heterocycles. The zero-order chi connectivity index (χ0) is 27.7. The van der Waals surface area contributed by atoms with E-state index in [-0.39, 0.29) is 11.8 Å². The minimum absolute atomic E-state index is 0.00662. The van der Waals surface area contributed by atoms with Crippen molar-refractivity contribution in [1.29, 1.82) is 5.41 Å². The lowest BCUT2D eigenvalue weighted by Crippen LogP contribution is -2.17. The third kappa shape index (κ3) is 7.34. The van der Waals surface area contributed by atoms with Crippen LogP contribution in [-0.2, 0) is 22.6 Å². The fourth-order valence-electron chi connectivity index (χ4n) is 3.74. The third-order valence-corrected chi connectivity index (χ3v) is 5.38. The Morgan fingerprint density at radius 2 is 1.87 bits per heavy atom. The van der Waals surface area contributed by atoms with Crippen molar-refractivity contribution in [2.45, 2.75) is 25.9 Å². The molecule has 0 saturated heterocycles. The highest BCUT2D eigenvalue weighted by Gasteiger charge is 2.22. The Balaban J connectivity index is 0.000000934. The number of benzene rings is 2. The molecule has 198 valence electrons. The van der Waals surface area contributed by atoms with Gasteiger partial charge in [0.2, 0.25) is 0 Å². The second-order valence-electron chi connectivity index (χ2n) is 8.24. The Hall–Kier alpha value is -4.84. The Bertz CT molecular complexity index is 1430. The molecule has 0 aliphatic carbocycles. The predicted molar refractivity (Wildman–Crippen MR) is 140 cm³/mol. The highest BCUT2D eigenvalue weighted by molar-refractivity contribution is 5.94. The van der Waals surface area contributed by atoms with Crippen LogP contribution in [0.25, 0.3) is 5.82 Å². The fourth-order valence-corrected chi connectivity index (χ4v) is 3.74. The first-order valence-electron chi connectivity index (χ1n) is 11.5. The summed E-state index contributed by atoms with van der Waals surface area (Å²) in [6.45, 7) is 1.49. The van der Waals surface area contributed by atoms with Gasteiger partial charge in [0.25, 0.3) is 5.97 Å². The minimum atomic E-state index is -0.833. The number of hydrogen-bond acceptors (Lipinski definition) is 8. The Morgan fingerprint density at radius 1 is 1.16 bits per heavy atom. The quantitative estimate of drug-likeness (QED) is 0.190. The Kier molecular flexibility index (Phi) is 9.43. The molecule has 0 radical (unpaired) electrons. The van der Waals surface area contributed by atoms with Crippen molar-refractivity contribution in [3.05, 3.63) is 99.4 Å². The van der Waals surface area contributed by atoms with E-state index >= 15 is 0 Å². The molecule has 12 nitrogen and oxygen atoms in total. The molecule has 12 heteroatoms. The van der Waals surface area contributed by atoms with Crippen molar-refractivity contribution in [3.63, 3.8) is 0 Å². The molecule has 38 heavy (non-hydrogen) atoms. The molecule has 4 rings (SSSR count). The smallest absolute Gasteiger partial charge is 0.349 e. The van der Waals surface area contributed by atoms with Crippen LogP contribution in [0.3, 0.4) is 0 Å². The fraction of sp³-hybridized carbons (Fsp3) is 0.231. The largest absolute Gasteiger partial charge is 0.497 e. The molecule has 1 unspecified atom stereocenters. The van der Waals surface area contributed by atoms with Gasteiger partial charge in [0.05, 0.1) is 13.7 Å². The molecule has 0 amide bonds. The van der Waals surface area contributed by atoms with E-state index < -0.39 is 11.7 Å². The van der Waals surface area contributed by atoms with Gasteiger partial charge in [0.15, 0.2) is 5.82 Å². The molecule has 2 heterocycles. The Labute approximate surface area is 218 Å². The number of nitrogens with two attached hydrogens (primary N) is 1. The maximum Gasteiger partial charge on any atom is 0.349 e. The second-order valence-corrected chi connectivity index (χ2v) is 8.24. The maximum atomic E-state index is 12.7. The van der Waals surface area contributed by atoms with Gasteiger partial charge < -0.3 is 20.3 Å². The summed E-state index contributed by atoms with van der Waals surface area (Å²) in [6.07, 6.45) is 2.06. The third-order valence-electron chi connectivity index (χ3n) is 5.38. The first kappa shape index (κ1) is 27.7. The lowest BCUT2D eigenvalue weighted by atomic mass is 9.89. The number of aromatic nitrogens is 5. The number of hydrogen-bond donors (Lipinski definition) is 4. The number of nitrogens with one attached hydrogen (secondary N) is 2. The molecule has 0 bridgehead atoms. The number of nitrogens with zero attached hydrogens (tertiary/aromatic N) is 4. The number of aliphatic carboxylic acids is 1. The van der Waals surface area contributed by atoms with Gasteiger partial charge in [-0.2, -0.15) is 9.78 Å². The van der Waals surface area contributed by atoms with E-state index in [1.54, 1.807) is 38.5 Å². The lowest BCUT2D eigenvalue weighted by molar-refractivity contribution is -0.134. The van der Waals surface area contributed by atoms with Crippen molar-refractivity contribution in [2.24, 2.45) is 5.73 Å². The molecule has 0 aliphatic rings. The van der Waals surface area contributed by atoms with Crippen LogP contribution in [0, 0.1) is 5.41 Å². The zero-order valence-electron chi connectivity index (χ0n) is 21.2. The molecular weight excluding hydrogens is 490 g/mol. The summed E-state index contributed by atoms with van der Waals surface area (Å²) in [5, 5.41) is 27.4. The molecule has 0 fully saturated rings. The summed E-state index contributed by atoms with van der Waals surface area (Å²) in [4.78, 5) is 24.6. The highest BCUT2D eigenvalue weighted by Crippen LogP contribution is 2.30. The summed E-state index contributed by atoms with van der Waals surface area (Å²) in [6, 6.07) is 16.6. The van der Waals surface area contributed by atoms with E-state index in [0.717, 1.165) is 23.6 Å². The molecule has 0 saturated carbocycles. The number of carboxylic acids is 1. The molecule has 0 spiro atoms. The summed E-state index contributed by atoms with van der Waals surface area (Å²) < 4.78 is 12.0. The number of aromatic amines is 1. The number of rotatable bonds is 9. The monoisotopic (exact) mass is 519 g/mol. The van der Waals surface area contributed by atoms with Gasteiger partial charge in [-0.05, 0) is 47.4 Å². The van der Waals surface area contributed by atoms with Crippen LogP contribution in [0.5, 0.6) is 5.75 Å². The number of ether oxygens (including phenoxy) is 2. The zero-order valence-corrected chi connectivity index (χ0v) is 21.2. The van der Waals surface area contributed by atoms with E-state index in [0.29, 0.717) is 36.0 Å². The van der Waals surface area contributed by atoms with Crippen molar-refractivity contribution in [1.82, 2.24) is 25.0 Å². The summed E-state index contributed by atoms with van der Waals surface area (Å²) in [5.74, 6) is 0.344. The molecule has 5 N–H and O–H groups in total. The van der Waals surface area contributed by atoms with Crippen LogP contribution in [-0.4, -0.2) is 56.1 Å². The molecular formula is C26H29N7O5. The van der Waals surface area contributed by atoms with Crippen molar-refractivity contribution >= 4 is 11.8 Å². The number of carboxylic acid groups (broad SMARTS) is 1. The van der Waals surface area contributed by atoms with Gasteiger partial charge in [-0.3, -0.25) is 15.2 Å². The number of nitrogen functional groups attached to an aromatic ring is 1. The average Bonchev–Trinajstić information content (AvgIpc) is 3.28. The van der Waals surface area contributed by atoms with Crippen LogP contribution in [0.4, 0.5) is 0 Å². The number of methoxy groups -OCH3 is 2. The van der Waals surface area contributed by atoms with Crippen LogP contribution >= 0.6 is 0 Å². The molecule has 1 atom stereocenters. The van der Waals surface area contributed by atoms with Gasteiger partial charge >= 0.3 is 5.69 Å². The van der Waals surface area contributed by atoms with Crippen molar-refractivity contribution in [3.8, 4) is 11.6 Å². The highest BCUT2D eigenvalue weighted by atomic mass is 16.5. The van der Waals surface area contributed by atoms with E-state index in [4.69, 9.17) is 30.5 Å². The number of H-pyrrole nitrogens is 1. The van der Waals surface area contributed by atoms with Gasteiger partial charge in [-0.25, -0.2) is 4.79 Å². The van der Waals surface area contributed by atoms with Gasteiger partial charge in [0.1, 0.15) is 17.4 Å². The first-order chi connectivity index (χ1) is 18.2. The van der Waals surface area contributed by atoms with Crippen LogP contribution in [0.1, 0.15) is 40.9 Å². The van der Waals surface area contributed by atoms with Crippen LogP contribution in [0.2, 0.25) is 0 Å². The van der Waals surface area contributed by atoms with Crippen LogP contribution < -0.4 is 16.2 Å². The normalized spacial score (nSPS) is 11.2. The van der Waals surface area contributed by atoms with Crippen molar-refractivity contribution < 1.29 is 19.4 Å². The average molecular weight is 520 g/mol. The topological polar surface area (TPSA) is 182 Å². The molecule has 2 aromatic carbocycles. The molecule has 4 aromatic rings. The van der Waals surface area contributed by atoms with E-state index in [9.17, 15) is 4.79 Å². The predicted octanol–water partition coefficient (Wildman–Crippen LogP) is 2.26. The van der Waals surface area contributed by atoms with Crippen LogP contribution in [0.15, 0.2) is 65.6 Å². The summed E-state index contributed by atoms with van der Waals surface area (Å²) in [5.41, 5.74) is 8.65. The van der Waals surface area contributed by atoms with E-state index in [2.05, 4.69) is 20.3 Å². The first-order valence-corrected chi connectivity index (χ1v) is 11.5. The van der Waals surface area contributed by atoms with Gasteiger partial charge in [-0.15, -0.1) is 10.2 Å².